The summed E-state index contributed by atoms with van der Waals surface area (Å²) < 4.78 is 5.29. The van der Waals surface area contributed by atoms with Gasteiger partial charge in [0.05, 0.1) is 13.2 Å². The Hall–Kier alpha value is -2.12. The van der Waals surface area contributed by atoms with Crippen LogP contribution < -0.4 is 16.0 Å². The maximum atomic E-state index is 12.3. The third-order valence-electron chi connectivity index (χ3n) is 4.54. The molecule has 2 aliphatic rings. The zero-order chi connectivity index (χ0) is 17.5. The molecule has 1 aromatic rings. The van der Waals surface area contributed by atoms with Gasteiger partial charge in [-0.2, -0.15) is 0 Å². The summed E-state index contributed by atoms with van der Waals surface area (Å²) in [5, 5.41) is 8.90. The SMILES string of the molecule is O=C(Nc1ccc(NC(=O)N2CCCCCC2)cc1)C1COCCN1. The van der Waals surface area contributed by atoms with Crippen molar-refractivity contribution in [3.05, 3.63) is 24.3 Å². The number of hydrogen-bond donors (Lipinski definition) is 3. The van der Waals surface area contributed by atoms with Crippen molar-refractivity contribution in [2.24, 2.45) is 0 Å². The van der Waals surface area contributed by atoms with Crippen LogP contribution in [0.15, 0.2) is 24.3 Å². The van der Waals surface area contributed by atoms with Crippen LogP contribution in [0.4, 0.5) is 16.2 Å². The van der Waals surface area contributed by atoms with E-state index in [9.17, 15) is 9.59 Å². The number of carbonyl (C=O) groups excluding carboxylic acids is 2. The molecule has 0 bridgehead atoms. The average Bonchev–Trinajstić information content (AvgIpc) is 2.93. The number of hydrogen-bond acceptors (Lipinski definition) is 4. The van der Waals surface area contributed by atoms with E-state index in [-0.39, 0.29) is 18.0 Å². The van der Waals surface area contributed by atoms with Crippen molar-refractivity contribution in [3.63, 3.8) is 0 Å². The number of amides is 3. The normalized spacial score (nSPS) is 21.3. The van der Waals surface area contributed by atoms with E-state index in [0.29, 0.717) is 25.4 Å². The van der Waals surface area contributed by atoms with Crippen molar-refractivity contribution in [2.75, 3.05) is 43.5 Å². The summed E-state index contributed by atoms with van der Waals surface area (Å²) in [5.41, 5.74) is 1.43. The van der Waals surface area contributed by atoms with Crippen LogP contribution in [0.2, 0.25) is 0 Å². The molecule has 3 amide bonds. The average molecular weight is 346 g/mol. The molecule has 2 fully saturated rings. The highest BCUT2D eigenvalue weighted by Gasteiger charge is 2.21. The molecule has 7 heteroatoms. The van der Waals surface area contributed by atoms with E-state index >= 15 is 0 Å². The Morgan fingerprint density at radius 3 is 2.24 bits per heavy atom. The Bertz CT molecular complexity index is 576. The van der Waals surface area contributed by atoms with Crippen molar-refractivity contribution >= 4 is 23.3 Å². The van der Waals surface area contributed by atoms with Crippen LogP contribution in [-0.4, -0.2) is 55.7 Å². The molecule has 2 saturated heterocycles. The fourth-order valence-electron chi connectivity index (χ4n) is 3.08. The third kappa shape index (κ3) is 5.17. The Labute approximate surface area is 148 Å². The Morgan fingerprint density at radius 1 is 1.00 bits per heavy atom. The molecule has 1 unspecified atom stereocenters. The first-order valence-corrected chi connectivity index (χ1v) is 9.00. The van der Waals surface area contributed by atoms with Crippen LogP contribution in [0.25, 0.3) is 0 Å². The summed E-state index contributed by atoms with van der Waals surface area (Å²) in [7, 11) is 0. The smallest absolute Gasteiger partial charge is 0.321 e. The molecule has 0 radical (unpaired) electrons. The summed E-state index contributed by atoms with van der Waals surface area (Å²) in [6.07, 6.45) is 4.52. The zero-order valence-corrected chi connectivity index (χ0v) is 14.4. The van der Waals surface area contributed by atoms with E-state index in [1.54, 1.807) is 24.3 Å². The maximum absolute atomic E-state index is 12.3. The number of morpholine rings is 1. The van der Waals surface area contributed by atoms with Gasteiger partial charge in [-0.25, -0.2) is 4.79 Å². The van der Waals surface area contributed by atoms with Gasteiger partial charge in [-0.15, -0.1) is 0 Å². The van der Waals surface area contributed by atoms with Gasteiger partial charge in [-0.1, -0.05) is 12.8 Å². The number of nitrogens with zero attached hydrogens (tertiary/aromatic N) is 1. The first kappa shape index (κ1) is 17.7. The largest absolute Gasteiger partial charge is 0.378 e. The standard InChI is InChI=1S/C18H26N4O3/c23-17(16-13-25-12-9-19-16)20-14-5-7-15(8-6-14)21-18(24)22-10-3-1-2-4-11-22/h5-8,16,19H,1-4,9-13H2,(H,20,23)(H,21,24). The van der Waals surface area contributed by atoms with Gasteiger partial charge in [0, 0.05) is 31.0 Å². The van der Waals surface area contributed by atoms with Crippen LogP contribution in [0.5, 0.6) is 0 Å². The Morgan fingerprint density at radius 2 is 1.64 bits per heavy atom. The quantitative estimate of drug-likeness (QED) is 0.782. The lowest BCUT2D eigenvalue weighted by Crippen LogP contribution is -2.48. The molecule has 0 spiro atoms. The predicted octanol–water partition coefficient (Wildman–Crippen LogP) is 2.02. The molecule has 1 aromatic carbocycles. The summed E-state index contributed by atoms with van der Waals surface area (Å²) >= 11 is 0. The molecule has 25 heavy (non-hydrogen) atoms. The van der Waals surface area contributed by atoms with Crippen molar-refractivity contribution in [1.29, 1.82) is 0 Å². The fourth-order valence-corrected chi connectivity index (χ4v) is 3.08. The molecule has 0 aromatic heterocycles. The van der Waals surface area contributed by atoms with E-state index in [1.807, 2.05) is 4.90 Å². The molecule has 2 aliphatic heterocycles. The second-order valence-electron chi connectivity index (χ2n) is 6.48. The van der Waals surface area contributed by atoms with Crippen LogP contribution >= 0.6 is 0 Å². The number of benzene rings is 1. The van der Waals surface area contributed by atoms with Gasteiger partial charge >= 0.3 is 6.03 Å². The number of nitrogens with one attached hydrogen (secondary N) is 3. The lowest BCUT2D eigenvalue weighted by atomic mass is 10.2. The van der Waals surface area contributed by atoms with E-state index in [2.05, 4.69) is 16.0 Å². The minimum absolute atomic E-state index is 0.0535. The Balaban J connectivity index is 1.51. The van der Waals surface area contributed by atoms with Gasteiger partial charge in [0.1, 0.15) is 6.04 Å². The summed E-state index contributed by atoms with van der Waals surface area (Å²) in [6.45, 7) is 3.33. The molecule has 7 nitrogen and oxygen atoms in total. The molecular formula is C18H26N4O3. The number of likely N-dealkylation sites (tertiary alicyclic amines) is 1. The lowest BCUT2D eigenvalue weighted by Gasteiger charge is -2.23. The third-order valence-corrected chi connectivity index (χ3v) is 4.54. The van der Waals surface area contributed by atoms with Gasteiger partial charge < -0.3 is 25.6 Å². The van der Waals surface area contributed by atoms with E-state index in [0.717, 1.165) is 31.6 Å². The Kier molecular flexibility index (Phi) is 6.25. The zero-order valence-electron chi connectivity index (χ0n) is 14.4. The van der Waals surface area contributed by atoms with Crippen LogP contribution in [0, 0.1) is 0 Å². The molecule has 0 saturated carbocycles. The van der Waals surface area contributed by atoms with Gasteiger partial charge in [0.25, 0.3) is 0 Å². The summed E-state index contributed by atoms with van der Waals surface area (Å²) in [4.78, 5) is 26.3. The highest BCUT2D eigenvalue weighted by molar-refractivity contribution is 5.95. The van der Waals surface area contributed by atoms with Gasteiger partial charge in [-0.05, 0) is 37.1 Å². The van der Waals surface area contributed by atoms with Crippen LogP contribution in [0.3, 0.4) is 0 Å². The molecule has 2 heterocycles. The van der Waals surface area contributed by atoms with Crippen LogP contribution in [-0.2, 0) is 9.53 Å². The molecule has 3 N–H and O–H groups in total. The highest BCUT2D eigenvalue weighted by atomic mass is 16.5. The first-order chi connectivity index (χ1) is 12.2. The lowest BCUT2D eigenvalue weighted by molar-refractivity contribution is -0.120. The predicted molar refractivity (Wildman–Crippen MR) is 96.7 cm³/mol. The summed E-state index contributed by atoms with van der Waals surface area (Å²) in [5.74, 6) is -0.110. The van der Waals surface area contributed by atoms with Crippen molar-refractivity contribution in [1.82, 2.24) is 10.2 Å². The molecule has 3 rings (SSSR count). The number of carbonyl (C=O) groups is 2. The second-order valence-corrected chi connectivity index (χ2v) is 6.48. The second kappa shape index (κ2) is 8.82. The molecule has 136 valence electrons. The molecule has 1 atom stereocenters. The van der Waals surface area contributed by atoms with Crippen LogP contribution in [0.1, 0.15) is 25.7 Å². The van der Waals surface area contributed by atoms with E-state index < -0.39 is 0 Å². The summed E-state index contributed by atoms with van der Waals surface area (Å²) in [6, 6.07) is 6.81. The van der Waals surface area contributed by atoms with Gasteiger partial charge in [0.15, 0.2) is 0 Å². The number of rotatable bonds is 3. The van der Waals surface area contributed by atoms with Crippen molar-refractivity contribution < 1.29 is 14.3 Å². The highest BCUT2D eigenvalue weighted by Crippen LogP contribution is 2.16. The molecule has 0 aliphatic carbocycles. The van der Waals surface area contributed by atoms with Gasteiger partial charge in [0.2, 0.25) is 5.91 Å². The topological polar surface area (TPSA) is 82.7 Å². The minimum Gasteiger partial charge on any atom is -0.378 e. The maximum Gasteiger partial charge on any atom is 0.321 e. The monoisotopic (exact) mass is 346 g/mol. The van der Waals surface area contributed by atoms with Gasteiger partial charge in [-0.3, -0.25) is 4.79 Å². The van der Waals surface area contributed by atoms with E-state index in [4.69, 9.17) is 4.74 Å². The fraction of sp³-hybridized carbons (Fsp3) is 0.556. The first-order valence-electron chi connectivity index (χ1n) is 9.00. The molecular weight excluding hydrogens is 320 g/mol. The van der Waals surface area contributed by atoms with E-state index in [1.165, 1.54) is 12.8 Å². The number of urea groups is 1. The number of ether oxygens (including phenoxy) is 1. The number of anilines is 2. The van der Waals surface area contributed by atoms with Crippen molar-refractivity contribution in [2.45, 2.75) is 31.7 Å². The minimum atomic E-state index is -0.323. The van der Waals surface area contributed by atoms with Crippen molar-refractivity contribution in [3.8, 4) is 0 Å².